The van der Waals surface area contributed by atoms with Crippen molar-refractivity contribution in [1.82, 2.24) is 30.0 Å². The van der Waals surface area contributed by atoms with Crippen molar-refractivity contribution in [2.75, 3.05) is 6.54 Å². The highest BCUT2D eigenvalue weighted by molar-refractivity contribution is 5.92. The summed E-state index contributed by atoms with van der Waals surface area (Å²) >= 11 is 0. The van der Waals surface area contributed by atoms with Crippen molar-refractivity contribution in [1.29, 1.82) is 0 Å². The first-order chi connectivity index (χ1) is 14.0. The predicted molar refractivity (Wildman–Crippen MR) is 106 cm³/mol. The molecule has 150 valence electrons. The van der Waals surface area contributed by atoms with Crippen molar-refractivity contribution in [2.24, 2.45) is 0 Å². The Kier molecular flexibility index (Phi) is 5.33. The third-order valence-electron chi connectivity index (χ3n) is 5.34. The van der Waals surface area contributed by atoms with Crippen LogP contribution in [0.5, 0.6) is 0 Å². The number of carbonyl (C=O) groups is 1. The molecule has 0 unspecified atom stereocenters. The molecule has 1 aliphatic rings. The number of hydrogen-bond acceptors (Lipinski definition) is 7. The normalized spacial score (nSPS) is 16.4. The molecule has 3 aromatic heterocycles. The Morgan fingerprint density at radius 3 is 2.86 bits per heavy atom. The fourth-order valence-corrected chi connectivity index (χ4v) is 3.94. The minimum absolute atomic E-state index is 0.0199. The van der Waals surface area contributed by atoms with Gasteiger partial charge < -0.3 is 9.42 Å². The average molecular weight is 392 g/mol. The lowest BCUT2D eigenvalue weighted by Gasteiger charge is -2.24. The lowest BCUT2D eigenvalue weighted by atomic mass is 10.1. The van der Waals surface area contributed by atoms with Gasteiger partial charge >= 0.3 is 0 Å². The van der Waals surface area contributed by atoms with Gasteiger partial charge in [-0.05, 0) is 52.5 Å². The van der Waals surface area contributed by atoms with E-state index in [-0.39, 0.29) is 11.9 Å². The second-order valence-corrected chi connectivity index (χ2v) is 7.42. The highest BCUT2D eigenvalue weighted by Gasteiger charge is 2.30. The van der Waals surface area contributed by atoms with E-state index in [1.54, 1.807) is 31.6 Å². The van der Waals surface area contributed by atoms with Gasteiger partial charge in [-0.1, -0.05) is 5.16 Å². The predicted octanol–water partition coefficient (Wildman–Crippen LogP) is 3.08. The van der Waals surface area contributed by atoms with Crippen LogP contribution >= 0.6 is 0 Å². The fourth-order valence-electron chi connectivity index (χ4n) is 3.94. The third-order valence-corrected chi connectivity index (χ3v) is 5.34. The smallest absolute Gasteiger partial charge is 0.272 e. The van der Waals surface area contributed by atoms with Crippen LogP contribution in [0, 0.1) is 20.8 Å². The van der Waals surface area contributed by atoms with Gasteiger partial charge in [0.05, 0.1) is 28.8 Å². The Balaban J connectivity index is 1.46. The van der Waals surface area contributed by atoms with Gasteiger partial charge in [0.25, 0.3) is 5.91 Å². The van der Waals surface area contributed by atoms with E-state index in [1.165, 1.54) is 0 Å². The zero-order valence-electron chi connectivity index (χ0n) is 16.9. The topological polar surface area (TPSA) is 97.9 Å². The van der Waals surface area contributed by atoms with Crippen LogP contribution in [-0.2, 0) is 6.42 Å². The number of likely N-dealkylation sites (tertiary alicyclic amines) is 1. The van der Waals surface area contributed by atoms with Crippen LogP contribution in [0.4, 0.5) is 0 Å². The quantitative estimate of drug-likeness (QED) is 0.658. The molecule has 1 aliphatic heterocycles. The molecule has 1 fully saturated rings. The maximum absolute atomic E-state index is 12.9. The maximum Gasteiger partial charge on any atom is 0.272 e. The first-order valence-corrected chi connectivity index (χ1v) is 9.87. The molecule has 0 bridgehead atoms. The van der Waals surface area contributed by atoms with E-state index in [0.29, 0.717) is 11.5 Å². The van der Waals surface area contributed by atoms with Crippen molar-refractivity contribution < 1.29 is 9.32 Å². The van der Waals surface area contributed by atoms with Crippen LogP contribution in [-0.4, -0.2) is 48.5 Å². The lowest BCUT2D eigenvalue weighted by molar-refractivity contribution is 0.0724. The van der Waals surface area contributed by atoms with Crippen LogP contribution in [0.1, 0.15) is 52.7 Å². The van der Waals surface area contributed by atoms with Gasteiger partial charge in [0, 0.05) is 25.0 Å². The summed E-state index contributed by atoms with van der Waals surface area (Å²) in [5.74, 6) is 1.33. The molecule has 8 heteroatoms. The summed E-state index contributed by atoms with van der Waals surface area (Å²) in [5, 5.41) is 4.00. The molecule has 0 aromatic carbocycles. The Bertz CT molecular complexity index is 1010. The van der Waals surface area contributed by atoms with Crippen LogP contribution in [0.25, 0.3) is 11.3 Å². The molecule has 4 rings (SSSR count). The standard InChI is InChI=1S/C21H24N6O2/c1-13-20(14(2)29-26-13)19-12-22-11-16(25-19)6-7-17-5-4-10-27(17)21(28)18-8-9-23-15(3)24-18/h8-9,11-12,17H,4-7,10H2,1-3H3/t17-/m0/s1. The van der Waals surface area contributed by atoms with E-state index >= 15 is 0 Å². The summed E-state index contributed by atoms with van der Waals surface area (Å²) in [4.78, 5) is 32.3. The van der Waals surface area contributed by atoms with Crippen molar-refractivity contribution >= 4 is 5.91 Å². The number of aromatic nitrogens is 5. The zero-order valence-corrected chi connectivity index (χ0v) is 16.9. The highest BCUT2D eigenvalue weighted by Crippen LogP contribution is 2.26. The second-order valence-electron chi connectivity index (χ2n) is 7.42. The molecule has 8 nitrogen and oxygen atoms in total. The number of rotatable bonds is 5. The van der Waals surface area contributed by atoms with Crippen LogP contribution in [0.2, 0.25) is 0 Å². The summed E-state index contributed by atoms with van der Waals surface area (Å²) in [6.45, 7) is 6.33. The SMILES string of the molecule is Cc1nccc(C(=O)N2CCC[C@H]2CCc2cncc(-c3c(C)noc3C)n2)n1. The Morgan fingerprint density at radius 2 is 2.10 bits per heavy atom. The lowest BCUT2D eigenvalue weighted by Crippen LogP contribution is -2.36. The summed E-state index contributed by atoms with van der Waals surface area (Å²) < 4.78 is 5.25. The molecule has 0 N–H and O–H groups in total. The highest BCUT2D eigenvalue weighted by atomic mass is 16.5. The molecule has 0 saturated carbocycles. The van der Waals surface area contributed by atoms with E-state index < -0.39 is 0 Å². The summed E-state index contributed by atoms with van der Waals surface area (Å²) in [7, 11) is 0. The Morgan fingerprint density at radius 1 is 1.24 bits per heavy atom. The molecule has 29 heavy (non-hydrogen) atoms. The largest absolute Gasteiger partial charge is 0.361 e. The van der Waals surface area contributed by atoms with Gasteiger partial charge in [-0.15, -0.1) is 0 Å². The summed E-state index contributed by atoms with van der Waals surface area (Å²) in [5.41, 5.74) is 3.84. The minimum Gasteiger partial charge on any atom is -0.361 e. The van der Waals surface area contributed by atoms with Gasteiger partial charge in [-0.2, -0.15) is 0 Å². The van der Waals surface area contributed by atoms with Gasteiger partial charge in [-0.3, -0.25) is 9.78 Å². The van der Waals surface area contributed by atoms with Crippen molar-refractivity contribution in [3.63, 3.8) is 0 Å². The number of aryl methyl sites for hydroxylation is 4. The molecule has 1 saturated heterocycles. The monoisotopic (exact) mass is 392 g/mol. The van der Waals surface area contributed by atoms with Crippen molar-refractivity contribution in [3.05, 3.63) is 53.3 Å². The zero-order chi connectivity index (χ0) is 20.4. The van der Waals surface area contributed by atoms with Crippen molar-refractivity contribution in [2.45, 2.75) is 52.5 Å². The molecular weight excluding hydrogens is 368 g/mol. The fraction of sp³-hybridized carbons (Fsp3) is 0.429. The van der Waals surface area contributed by atoms with E-state index in [1.807, 2.05) is 18.7 Å². The Labute approximate surface area is 169 Å². The number of carbonyl (C=O) groups excluding carboxylic acids is 1. The van der Waals surface area contributed by atoms with E-state index in [0.717, 1.165) is 60.6 Å². The van der Waals surface area contributed by atoms with Gasteiger partial charge in [0.15, 0.2) is 0 Å². The van der Waals surface area contributed by atoms with E-state index in [2.05, 4.69) is 20.1 Å². The van der Waals surface area contributed by atoms with Gasteiger partial charge in [-0.25, -0.2) is 15.0 Å². The molecule has 0 aliphatic carbocycles. The number of nitrogens with zero attached hydrogens (tertiary/aromatic N) is 6. The van der Waals surface area contributed by atoms with Gasteiger partial charge in [0.1, 0.15) is 17.3 Å². The van der Waals surface area contributed by atoms with E-state index in [4.69, 9.17) is 9.51 Å². The van der Waals surface area contributed by atoms with Crippen LogP contribution in [0.15, 0.2) is 29.2 Å². The third kappa shape index (κ3) is 4.01. The Hall–Kier alpha value is -3.16. The first kappa shape index (κ1) is 19.2. The molecule has 0 radical (unpaired) electrons. The number of hydrogen-bond donors (Lipinski definition) is 0. The van der Waals surface area contributed by atoms with E-state index in [9.17, 15) is 4.79 Å². The molecule has 3 aromatic rings. The summed E-state index contributed by atoms with van der Waals surface area (Å²) in [6.07, 6.45) is 8.75. The van der Waals surface area contributed by atoms with Crippen LogP contribution < -0.4 is 0 Å². The molecule has 1 amide bonds. The molecule has 0 spiro atoms. The van der Waals surface area contributed by atoms with Crippen LogP contribution in [0.3, 0.4) is 0 Å². The first-order valence-electron chi connectivity index (χ1n) is 9.87. The maximum atomic E-state index is 12.9. The average Bonchev–Trinajstić information content (AvgIpc) is 3.32. The molecule has 4 heterocycles. The number of amides is 1. The summed E-state index contributed by atoms with van der Waals surface area (Å²) in [6, 6.07) is 1.87. The second kappa shape index (κ2) is 8.06. The minimum atomic E-state index is -0.0199. The molecular formula is C21H24N6O2. The van der Waals surface area contributed by atoms with Crippen molar-refractivity contribution in [3.8, 4) is 11.3 Å². The molecule has 1 atom stereocenters. The van der Waals surface area contributed by atoms with Gasteiger partial charge in [0.2, 0.25) is 0 Å².